The molecule has 2 aromatic heterocycles. The van der Waals surface area contributed by atoms with Crippen molar-refractivity contribution in [3.05, 3.63) is 57.6 Å². The highest BCUT2D eigenvalue weighted by Crippen LogP contribution is 2.33. The van der Waals surface area contributed by atoms with E-state index in [0.29, 0.717) is 11.4 Å². The zero-order chi connectivity index (χ0) is 22.2. The number of aryl methyl sites for hydroxylation is 2. The number of hydrogen-bond acceptors (Lipinski definition) is 5. The van der Waals surface area contributed by atoms with Crippen LogP contribution in [0.2, 0.25) is 0 Å². The molecule has 3 aromatic rings. The van der Waals surface area contributed by atoms with Crippen molar-refractivity contribution < 1.29 is 9.18 Å². The van der Waals surface area contributed by atoms with Gasteiger partial charge in [-0.15, -0.1) is 11.3 Å². The van der Waals surface area contributed by atoms with Gasteiger partial charge in [0.05, 0.1) is 16.6 Å². The molecule has 1 unspecified atom stereocenters. The molecule has 0 aliphatic carbocycles. The second kappa shape index (κ2) is 8.40. The Morgan fingerprint density at radius 3 is 2.53 bits per heavy atom. The summed E-state index contributed by atoms with van der Waals surface area (Å²) in [7, 11) is 3.83. The molecule has 30 heavy (non-hydrogen) atoms. The number of likely N-dealkylation sites (N-methyl/N-ethyl adjacent to an activating group) is 1. The van der Waals surface area contributed by atoms with Gasteiger partial charge in [0, 0.05) is 17.3 Å². The fourth-order valence-electron chi connectivity index (χ4n) is 3.47. The molecule has 5 nitrogen and oxygen atoms in total. The summed E-state index contributed by atoms with van der Waals surface area (Å²) in [6, 6.07) is 6.36. The number of nitrogens with one attached hydrogen (secondary N) is 1. The molecule has 0 saturated heterocycles. The van der Waals surface area contributed by atoms with Gasteiger partial charge in [-0.3, -0.25) is 4.79 Å². The monoisotopic (exact) mass is 428 g/mol. The molecule has 160 valence electrons. The van der Waals surface area contributed by atoms with Crippen LogP contribution in [0.1, 0.15) is 59.1 Å². The van der Waals surface area contributed by atoms with Gasteiger partial charge < -0.3 is 10.2 Å². The summed E-state index contributed by atoms with van der Waals surface area (Å²) >= 11 is 1.40. The van der Waals surface area contributed by atoms with E-state index in [4.69, 9.17) is 4.98 Å². The summed E-state index contributed by atoms with van der Waals surface area (Å²) in [5.74, 6) is 0.352. The normalized spacial score (nSPS) is 13.1. The van der Waals surface area contributed by atoms with Crippen molar-refractivity contribution in [2.24, 2.45) is 0 Å². The Hall–Kier alpha value is -2.38. The summed E-state index contributed by atoms with van der Waals surface area (Å²) in [6.45, 7) is 10.5. The van der Waals surface area contributed by atoms with Gasteiger partial charge in [0.15, 0.2) is 0 Å². The fraction of sp³-hybridized carbons (Fsp3) is 0.435. The molecule has 0 fully saturated rings. The number of rotatable bonds is 5. The van der Waals surface area contributed by atoms with E-state index in [1.165, 1.54) is 23.5 Å². The number of carbonyl (C=O) groups is 1. The van der Waals surface area contributed by atoms with Crippen molar-refractivity contribution in [3.63, 3.8) is 0 Å². The quantitative estimate of drug-likeness (QED) is 0.636. The summed E-state index contributed by atoms with van der Waals surface area (Å²) in [5.41, 5.74) is 2.45. The Bertz CT molecular complexity index is 1080. The molecular formula is C23H29FN4OS. The maximum absolute atomic E-state index is 13.7. The van der Waals surface area contributed by atoms with Crippen LogP contribution in [0, 0.1) is 19.7 Å². The predicted octanol–water partition coefficient (Wildman–Crippen LogP) is 4.78. The number of nitrogens with zero attached hydrogens (tertiary/aromatic N) is 3. The number of halogens is 1. The van der Waals surface area contributed by atoms with E-state index in [9.17, 15) is 9.18 Å². The van der Waals surface area contributed by atoms with E-state index >= 15 is 0 Å². The first-order valence-corrected chi connectivity index (χ1v) is 10.8. The summed E-state index contributed by atoms with van der Waals surface area (Å²) in [5, 5.41) is 3.97. The van der Waals surface area contributed by atoms with E-state index in [1.807, 2.05) is 38.9 Å². The first-order valence-electron chi connectivity index (χ1n) is 9.97. The third-order valence-electron chi connectivity index (χ3n) is 5.16. The molecule has 0 saturated carbocycles. The SMILES string of the molecule is Cc1nc(C(C)(C)C)nc2sc(C(=O)NCC(c3cccc(F)c3)N(C)C)c(C)c12. The molecule has 7 heteroatoms. The Balaban J connectivity index is 1.87. The maximum Gasteiger partial charge on any atom is 0.261 e. The number of benzene rings is 1. The van der Waals surface area contributed by atoms with Gasteiger partial charge in [0.2, 0.25) is 0 Å². The van der Waals surface area contributed by atoms with Crippen molar-refractivity contribution in [1.29, 1.82) is 0 Å². The van der Waals surface area contributed by atoms with E-state index in [2.05, 4.69) is 31.1 Å². The first kappa shape index (κ1) is 22.3. The summed E-state index contributed by atoms with van der Waals surface area (Å²) in [6.07, 6.45) is 0. The number of aromatic nitrogens is 2. The van der Waals surface area contributed by atoms with Crippen molar-refractivity contribution in [3.8, 4) is 0 Å². The van der Waals surface area contributed by atoms with E-state index < -0.39 is 0 Å². The molecule has 0 aliphatic rings. The molecule has 1 N–H and O–H groups in total. The predicted molar refractivity (Wildman–Crippen MR) is 121 cm³/mol. The van der Waals surface area contributed by atoms with Gasteiger partial charge in [-0.25, -0.2) is 14.4 Å². The van der Waals surface area contributed by atoms with Gasteiger partial charge in [-0.2, -0.15) is 0 Å². The van der Waals surface area contributed by atoms with Crippen LogP contribution in [-0.4, -0.2) is 41.4 Å². The van der Waals surface area contributed by atoms with Gasteiger partial charge in [0.1, 0.15) is 16.5 Å². The van der Waals surface area contributed by atoms with Crippen LogP contribution in [0.25, 0.3) is 10.2 Å². The van der Waals surface area contributed by atoms with Crippen LogP contribution in [0.4, 0.5) is 4.39 Å². The summed E-state index contributed by atoms with van der Waals surface area (Å²) < 4.78 is 13.7. The maximum atomic E-state index is 13.7. The molecule has 1 aromatic carbocycles. The number of hydrogen-bond donors (Lipinski definition) is 1. The smallest absolute Gasteiger partial charge is 0.261 e. The lowest BCUT2D eigenvalue weighted by Gasteiger charge is -2.25. The molecule has 0 aliphatic heterocycles. The largest absolute Gasteiger partial charge is 0.349 e. The van der Waals surface area contributed by atoms with Crippen molar-refractivity contribution >= 4 is 27.5 Å². The Labute approximate surface area is 181 Å². The minimum atomic E-state index is -0.283. The van der Waals surface area contributed by atoms with E-state index in [0.717, 1.165) is 32.9 Å². The second-order valence-electron chi connectivity index (χ2n) is 8.86. The molecule has 1 atom stereocenters. The van der Waals surface area contributed by atoms with Gasteiger partial charge >= 0.3 is 0 Å². The third-order valence-corrected chi connectivity index (χ3v) is 6.35. The third kappa shape index (κ3) is 4.52. The zero-order valence-corrected chi connectivity index (χ0v) is 19.4. The number of thiophene rings is 1. The molecule has 0 radical (unpaired) electrons. The number of amides is 1. The first-order chi connectivity index (χ1) is 14.0. The van der Waals surface area contributed by atoms with E-state index in [-0.39, 0.29) is 23.2 Å². The van der Waals surface area contributed by atoms with Crippen LogP contribution < -0.4 is 5.32 Å². The highest BCUT2D eigenvalue weighted by molar-refractivity contribution is 7.20. The van der Waals surface area contributed by atoms with Crippen molar-refractivity contribution in [2.45, 2.75) is 46.1 Å². The highest BCUT2D eigenvalue weighted by atomic mass is 32.1. The molecule has 0 bridgehead atoms. The van der Waals surface area contributed by atoms with Crippen LogP contribution in [0.3, 0.4) is 0 Å². The molecule has 1 amide bonds. The van der Waals surface area contributed by atoms with Gasteiger partial charge in [-0.1, -0.05) is 32.9 Å². The molecule has 0 spiro atoms. The van der Waals surface area contributed by atoms with E-state index in [1.54, 1.807) is 6.07 Å². The molecular weight excluding hydrogens is 399 g/mol. The minimum absolute atomic E-state index is 0.131. The van der Waals surface area contributed by atoms with Gasteiger partial charge in [-0.05, 0) is 51.2 Å². The summed E-state index contributed by atoms with van der Waals surface area (Å²) in [4.78, 5) is 25.9. The lowest BCUT2D eigenvalue weighted by atomic mass is 9.95. The van der Waals surface area contributed by atoms with Crippen molar-refractivity contribution in [2.75, 3.05) is 20.6 Å². The standard InChI is InChI=1S/C23H29FN4OS/c1-13-18-14(2)26-22(23(3,4)5)27-21(18)30-19(13)20(29)25-12-17(28(6)7)15-9-8-10-16(24)11-15/h8-11,17H,12H2,1-7H3,(H,25,29). The second-order valence-corrected chi connectivity index (χ2v) is 9.86. The Morgan fingerprint density at radius 1 is 1.23 bits per heavy atom. The van der Waals surface area contributed by atoms with Gasteiger partial charge in [0.25, 0.3) is 5.91 Å². The zero-order valence-electron chi connectivity index (χ0n) is 18.6. The van der Waals surface area contributed by atoms with Crippen LogP contribution in [0.15, 0.2) is 24.3 Å². The van der Waals surface area contributed by atoms with Crippen LogP contribution in [0.5, 0.6) is 0 Å². The Kier molecular flexibility index (Phi) is 6.24. The minimum Gasteiger partial charge on any atom is -0.349 e. The lowest BCUT2D eigenvalue weighted by Crippen LogP contribution is -2.34. The molecule has 2 heterocycles. The average molecular weight is 429 g/mol. The fourth-order valence-corrected chi connectivity index (χ4v) is 4.62. The average Bonchev–Trinajstić information content (AvgIpc) is 2.98. The molecule has 3 rings (SSSR count). The van der Waals surface area contributed by atoms with Crippen LogP contribution >= 0.6 is 11.3 Å². The number of carbonyl (C=O) groups excluding carboxylic acids is 1. The van der Waals surface area contributed by atoms with Crippen molar-refractivity contribution in [1.82, 2.24) is 20.2 Å². The Morgan fingerprint density at radius 2 is 1.93 bits per heavy atom. The van der Waals surface area contributed by atoms with Crippen LogP contribution in [-0.2, 0) is 5.41 Å². The lowest BCUT2D eigenvalue weighted by molar-refractivity contribution is 0.0945. The number of fused-ring (bicyclic) bond motifs is 1. The highest BCUT2D eigenvalue weighted by Gasteiger charge is 2.24. The topological polar surface area (TPSA) is 58.1 Å².